The van der Waals surface area contributed by atoms with Crippen LogP contribution in [0.4, 0.5) is 0 Å². The second kappa shape index (κ2) is 13.8. The zero-order valence-corrected chi connectivity index (χ0v) is 19.7. The summed E-state index contributed by atoms with van der Waals surface area (Å²) in [7, 11) is 0. The monoisotopic (exact) mass is 452 g/mol. The van der Waals surface area contributed by atoms with Crippen LogP contribution in [0.15, 0.2) is 48.5 Å². The van der Waals surface area contributed by atoms with E-state index in [1.807, 2.05) is 12.1 Å². The van der Waals surface area contributed by atoms with Gasteiger partial charge in [0, 0.05) is 17.7 Å². The Morgan fingerprint density at radius 2 is 1.39 bits per heavy atom. The molecule has 0 N–H and O–H groups in total. The standard InChI is InChI=1S/C28H36O5/c1-2-3-4-5-6-7-8-9-20-31-24-16-12-22(13-17-24)27(29)23-14-18-25(19-15-23)33-28(30)26-11-10-21-32-26/h12-19,26H,2-11,20-21H2,1H3. The van der Waals surface area contributed by atoms with Gasteiger partial charge >= 0.3 is 5.97 Å². The van der Waals surface area contributed by atoms with Crippen LogP contribution in [0, 0.1) is 0 Å². The molecule has 0 radical (unpaired) electrons. The van der Waals surface area contributed by atoms with E-state index in [0.717, 1.165) is 18.6 Å². The number of esters is 1. The highest BCUT2D eigenvalue weighted by atomic mass is 16.6. The molecule has 0 bridgehead atoms. The summed E-state index contributed by atoms with van der Waals surface area (Å²) in [6.45, 7) is 3.54. The van der Waals surface area contributed by atoms with Crippen LogP contribution >= 0.6 is 0 Å². The fourth-order valence-corrected chi connectivity index (χ4v) is 3.91. The zero-order chi connectivity index (χ0) is 23.3. The molecule has 33 heavy (non-hydrogen) atoms. The van der Waals surface area contributed by atoms with Gasteiger partial charge in [-0.2, -0.15) is 0 Å². The number of carbonyl (C=O) groups excluding carboxylic acids is 2. The van der Waals surface area contributed by atoms with E-state index in [2.05, 4.69) is 6.92 Å². The molecule has 5 heteroatoms. The SMILES string of the molecule is CCCCCCCCCCOc1ccc(C(=O)c2ccc(OC(=O)C3CCCO3)cc2)cc1. The molecular formula is C28H36O5. The van der Waals surface area contributed by atoms with Gasteiger partial charge in [-0.3, -0.25) is 4.79 Å². The van der Waals surface area contributed by atoms with Crippen LogP contribution in [0.5, 0.6) is 11.5 Å². The highest BCUT2D eigenvalue weighted by Crippen LogP contribution is 2.20. The summed E-state index contributed by atoms with van der Waals surface area (Å²) in [4.78, 5) is 24.8. The Kier molecular flexibility index (Phi) is 10.4. The molecule has 1 heterocycles. The highest BCUT2D eigenvalue weighted by Gasteiger charge is 2.25. The van der Waals surface area contributed by atoms with Crippen LogP contribution in [0.25, 0.3) is 0 Å². The molecule has 3 rings (SSSR count). The predicted molar refractivity (Wildman–Crippen MR) is 129 cm³/mol. The van der Waals surface area contributed by atoms with Crippen LogP contribution in [-0.2, 0) is 9.53 Å². The first-order chi connectivity index (χ1) is 16.2. The van der Waals surface area contributed by atoms with Crippen molar-refractivity contribution in [1.82, 2.24) is 0 Å². The topological polar surface area (TPSA) is 61.8 Å². The van der Waals surface area contributed by atoms with Crippen molar-refractivity contribution in [2.24, 2.45) is 0 Å². The molecule has 5 nitrogen and oxygen atoms in total. The third-order valence-corrected chi connectivity index (χ3v) is 5.91. The van der Waals surface area contributed by atoms with Crippen LogP contribution in [0.1, 0.15) is 87.1 Å². The van der Waals surface area contributed by atoms with Crippen molar-refractivity contribution in [2.45, 2.75) is 77.2 Å². The first kappa shape index (κ1) is 25.0. The lowest BCUT2D eigenvalue weighted by atomic mass is 10.0. The van der Waals surface area contributed by atoms with E-state index in [1.54, 1.807) is 36.4 Å². The quantitative estimate of drug-likeness (QED) is 0.141. The Morgan fingerprint density at radius 1 is 0.818 bits per heavy atom. The molecule has 1 aliphatic heterocycles. The molecule has 0 amide bonds. The van der Waals surface area contributed by atoms with Crippen LogP contribution < -0.4 is 9.47 Å². The number of benzene rings is 2. The fourth-order valence-electron chi connectivity index (χ4n) is 3.91. The first-order valence-electron chi connectivity index (χ1n) is 12.4. The Bertz CT molecular complexity index is 851. The van der Waals surface area contributed by atoms with E-state index >= 15 is 0 Å². The van der Waals surface area contributed by atoms with Crippen LogP contribution in [-0.4, -0.2) is 31.1 Å². The van der Waals surface area contributed by atoms with Crippen molar-refractivity contribution in [3.05, 3.63) is 59.7 Å². The molecule has 1 saturated heterocycles. The number of unbranched alkanes of at least 4 members (excludes halogenated alkanes) is 7. The summed E-state index contributed by atoms with van der Waals surface area (Å²) in [5.74, 6) is 0.735. The molecule has 1 fully saturated rings. The average molecular weight is 453 g/mol. The summed E-state index contributed by atoms with van der Waals surface area (Å²) in [6.07, 6.45) is 11.2. The number of hydrogen-bond donors (Lipinski definition) is 0. The Labute approximate surface area is 197 Å². The first-order valence-corrected chi connectivity index (χ1v) is 12.4. The third kappa shape index (κ3) is 8.32. The van der Waals surface area contributed by atoms with E-state index < -0.39 is 6.10 Å². The van der Waals surface area contributed by atoms with Gasteiger partial charge in [-0.25, -0.2) is 4.79 Å². The van der Waals surface area contributed by atoms with E-state index in [-0.39, 0.29) is 11.8 Å². The summed E-state index contributed by atoms with van der Waals surface area (Å²) in [5.41, 5.74) is 1.14. The van der Waals surface area contributed by atoms with E-state index in [0.29, 0.717) is 36.5 Å². The molecule has 0 saturated carbocycles. The van der Waals surface area contributed by atoms with Crippen molar-refractivity contribution in [3.63, 3.8) is 0 Å². The van der Waals surface area contributed by atoms with Gasteiger partial charge in [-0.05, 0) is 67.8 Å². The maximum Gasteiger partial charge on any atom is 0.340 e. The minimum atomic E-state index is -0.484. The van der Waals surface area contributed by atoms with Crippen molar-refractivity contribution >= 4 is 11.8 Å². The van der Waals surface area contributed by atoms with Gasteiger partial charge in [0.15, 0.2) is 11.9 Å². The van der Waals surface area contributed by atoms with Crippen LogP contribution in [0.3, 0.4) is 0 Å². The number of ether oxygens (including phenoxy) is 3. The van der Waals surface area contributed by atoms with Gasteiger partial charge in [0.25, 0.3) is 0 Å². The van der Waals surface area contributed by atoms with Crippen LogP contribution in [0.2, 0.25) is 0 Å². The lowest BCUT2D eigenvalue weighted by molar-refractivity contribution is -0.144. The summed E-state index contributed by atoms with van der Waals surface area (Å²) >= 11 is 0. The predicted octanol–water partition coefficient (Wildman–Crippen LogP) is 6.52. The van der Waals surface area contributed by atoms with Crippen molar-refractivity contribution in [1.29, 1.82) is 0 Å². The Hall–Kier alpha value is -2.66. The minimum Gasteiger partial charge on any atom is -0.494 e. The summed E-state index contributed by atoms with van der Waals surface area (Å²) in [5, 5.41) is 0. The maximum absolute atomic E-state index is 12.8. The molecule has 1 atom stereocenters. The van der Waals surface area contributed by atoms with Gasteiger partial charge in [0.2, 0.25) is 0 Å². The molecule has 178 valence electrons. The summed E-state index contributed by atoms with van der Waals surface area (Å²) < 4.78 is 16.5. The fraction of sp³-hybridized carbons (Fsp3) is 0.500. The number of rotatable bonds is 14. The Morgan fingerprint density at radius 3 is 1.97 bits per heavy atom. The van der Waals surface area contributed by atoms with Gasteiger partial charge in [-0.1, -0.05) is 51.9 Å². The highest BCUT2D eigenvalue weighted by molar-refractivity contribution is 6.09. The normalized spacial score (nSPS) is 15.4. The van der Waals surface area contributed by atoms with Crippen molar-refractivity contribution in [2.75, 3.05) is 13.2 Å². The van der Waals surface area contributed by atoms with Crippen molar-refractivity contribution < 1.29 is 23.8 Å². The Balaban J connectivity index is 1.39. The molecule has 2 aromatic rings. The van der Waals surface area contributed by atoms with Gasteiger partial charge < -0.3 is 14.2 Å². The average Bonchev–Trinajstić information content (AvgIpc) is 3.39. The van der Waals surface area contributed by atoms with Crippen molar-refractivity contribution in [3.8, 4) is 11.5 Å². The lowest BCUT2D eigenvalue weighted by Gasteiger charge is -2.10. The lowest BCUT2D eigenvalue weighted by Crippen LogP contribution is -2.24. The van der Waals surface area contributed by atoms with Gasteiger partial charge in [0.05, 0.1) is 6.61 Å². The van der Waals surface area contributed by atoms with E-state index in [4.69, 9.17) is 14.2 Å². The number of carbonyl (C=O) groups is 2. The second-order valence-corrected chi connectivity index (χ2v) is 8.62. The molecule has 0 aliphatic carbocycles. The third-order valence-electron chi connectivity index (χ3n) is 5.91. The van der Waals surface area contributed by atoms with E-state index in [1.165, 1.54) is 44.9 Å². The zero-order valence-electron chi connectivity index (χ0n) is 19.7. The minimum absolute atomic E-state index is 0.0818. The second-order valence-electron chi connectivity index (χ2n) is 8.62. The van der Waals surface area contributed by atoms with Gasteiger partial charge in [-0.15, -0.1) is 0 Å². The summed E-state index contributed by atoms with van der Waals surface area (Å²) in [6, 6.07) is 13.9. The molecule has 0 aromatic heterocycles. The smallest absolute Gasteiger partial charge is 0.340 e. The molecule has 2 aromatic carbocycles. The largest absolute Gasteiger partial charge is 0.494 e. The molecule has 1 aliphatic rings. The molecular weight excluding hydrogens is 416 g/mol. The van der Waals surface area contributed by atoms with Gasteiger partial charge in [0.1, 0.15) is 11.5 Å². The molecule has 1 unspecified atom stereocenters. The maximum atomic E-state index is 12.8. The number of hydrogen-bond acceptors (Lipinski definition) is 5. The number of ketones is 1. The molecule has 0 spiro atoms. The van der Waals surface area contributed by atoms with E-state index in [9.17, 15) is 9.59 Å².